The van der Waals surface area contributed by atoms with Crippen molar-refractivity contribution in [1.82, 2.24) is 4.90 Å². The maximum absolute atomic E-state index is 12.5. The number of carbonyl (C=O) groups is 1. The molecule has 1 aliphatic heterocycles. The van der Waals surface area contributed by atoms with Gasteiger partial charge in [-0.2, -0.15) is 0 Å². The molecule has 1 heterocycles. The molecule has 0 saturated carbocycles. The van der Waals surface area contributed by atoms with Gasteiger partial charge in [-0.25, -0.2) is 0 Å². The van der Waals surface area contributed by atoms with Gasteiger partial charge in [0.25, 0.3) is 0 Å². The van der Waals surface area contributed by atoms with Crippen LogP contribution in [0.3, 0.4) is 0 Å². The molecular weight excluding hydrogens is 248 g/mol. The first-order chi connectivity index (χ1) is 9.70. The van der Waals surface area contributed by atoms with Crippen molar-refractivity contribution in [1.29, 1.82) is 0 Å². The van der Waals surface area contributed by atoms with E-state index in [0.29, 0.717) is 6.54 Å². The van der Waals surface area contributed by atoms with Crippen molar-refractivity contribution >= 4 is 11.6 Å². The second-order valence-corrected chi connectivity index (χ2v) is 5.65. The summed E-state index contributed by atoms with van der Waals surface area (Å²) in [5.41, 5.74) is 2.39. The molecule has 0 aromatic heterocycles. The van der Waals surface area contributed by atoms with Crippen LogP contribution in [0.25, 0.3) is 0 Å². The van der Waals surface area contributed by atoms with Crippen molar-refractivity contribution in [2.24, 2.45) is 0 Å². The summed E-state index contributed by atoms with van der Waals surface area (Å²) in [7, 11) is 0. The fourth-order valence-electron chi connectivity index (χ4n) is 2.79. The van der Waals surface area contributed by atoms with Gasteiger partial charge in [-0.05, 0) is 44.4 Å². The zero-order chi connectivity index (χ0) is 14.4. The molecule has 1 amide bonds. The smallest absolute Gasteiger partial charge is 0.242 e. The first-order valence-electron chi connectivity index (χ1n) is 7.80. The third-order valence-corrected chi connectivity index (χ3v) is 4.03. The van der Waals surface area contributed by atoms with Crippen molar-refractivity contribution < 1.29 is 4.79 Å². The second-order valence-electron chi connectivity index (χ2n) is 5.65. The number of rotatable bonds is 4. The summed E-state index contributed by atoms with van der Waals surface area (Å²) < 4.78 is 0. The summed E-state index contributed by atoms with van der Waals surface area (Å²) in [6, 6.07) is 8.39. The maximum atomic E-state index is 12.5. The molecule has 1 fully saturated rings. The summed E-state index contributed by atoms with van der Waals surface area (Å²) in [6.45, 7) is 7.43. The molecule has 3 nitrogen and oxygen atoms in total. The van der Waals surface area contributed by atoms with Crippen LogP contribution in [-0.2, 0) is 4.79 Å². The molecular formula is C17H26N2O. The van der Waals surface area contributed by atoms with Crippen molar-refractivity contribution in [3.8, 4) is 0 Å². The second kappa shape index (κ2) is 7.32. The average Bonchev–Trinajstić information content (AvgIpc) is 2.73. The number of hydrogen-bond acceptors (Lipinski definition) is 2. The Balaban J connectivity index is 2.00. The molecule has 0 spiro atoms. The van der Waals surface area contributed by atoms with Crippen LogP contribution >= 0.6 is 0 Å². The van der Waals surface area contributed by atoms with Gasteiger partial charge < -0.3 is 9.80 Å². The van der Waals surface area contributed by atoms with Gasteiger partial charge in [0.1, 0.15) is 0 Å². The lowest BCUT2D eigenvalue weighted by atomic mass is 10.2. The molecule has 1 saturated heterocycles. The Morgan fingerprint density at radius 3 is 2.50 bits per heavy atom. The summed E-state index contributed by atoms with van der Waals surface area (Å²) in [6.07, 6.45) is 4.84. The lowest BCUT2D eigenvalue weighted by Crippen LogP contribution is -2.41. The van der Waals surface area contributed by atoms with Crippen LogP contribution in [0.5, 0.6) is 0 Å². The van der Waals surface area contributed by atoms with Crippen molar-refractivity contribution in [2.45, 2.75) is 39.5 Å². The number of anilines is 1. The van der Waals surface area contributed by atoms with E-state index in [0.717, 1.165) is 38.2 Å². The van der Waals surface area contributed by atoms with E-state index in [1.54, 1.807) is 0 Å². The Hall–Kier alpha value is -1.51. The quantitative estimate of drug-likeness (QED) is 0.841. The number of hydrogen-bond donors (Lipinski definition) is 0. The van der Waals surface area contributed by atoms with Gasteiger partial charge in [0.05, 0.1) is 6.54 Å². The highest BCUT2D eigenvalue weighted by molar-refractivity contribution is 5.81. The molecule has 0 radical (unpaired) electrons. The summed E-state index contributed by atoms with van der Waals surface area (Å²) in [5.74, 6) is 0.273. The minimum absolute atomic E-state index is 0.273. The molecule has 0 bridgehead atoms. The van der Waals surface area contributed by atoms with Crippen LogP contribution in [0.2, 0.25) is 0 Å². The predicted molar refractivity (Wildman–Crippen MR) is 84.1 cm³/mol. The normalized spacial score (nSPS) is 15.8. The van der Waals surface area contributed by atoms with E-state index in [1.165, 1.54) is 18.4 Å². The Bertz CT molecular complexity index is 436. The zero-order valence-corrected chi connectivity index (χ0v) is 12.8. The molecule has 0 N–H and O–H groups in total. The van der Waals surface area contributed by atoms with E-state index in [1.807, 2.05) is 4.90 Å². The number of nitrogens with zero attached hydrogens (tertiary/aromatic N) is 2. The third kappa shape index (κ3) is 3.99. The monoisotopic (exact) mass is 274 g/mol. The van der Waals surface area contributed by atoms with E-state index < -0.39 is 0 Å². The number of likely N-dealkylation sites (tertiary alicyclic amines) is 1. The van der Waals surface area contributed by atoms with Gasteiger partial charge in [0, 0.05) is 25.3 Å². The van der Waals surface area contributed by atoms with Crippen LogP contribution in [-0.4, -0.2) is 37.0 Å². The summed E-state index contributed by atoms with van der Waals surface area (Å²) in [5, 5.41) is 0. The van der Waals surface area contributed by atoms with E-state index in [4.69, 9.17) is 0 Å². The maximum Gasteiger partial charge on any atom is 0.242 e. The first kappa shape index (κ1) is 14.9. The van der Waals surface area contributed by atoms with Gasteiger partial charge >= 0.3 is 0 Å². The van der Waals surface area contributed by atoms with Gasteiger partial charge in [0.15, 0.2) is 0 Å². The van der Waals surface area contributed by atoms with E-state index in [2.05, 4.69) is 43.0 Å². The highest BCUT2D eigenvalue weighted by Gasteiger charge is 2.18. The molecule has 1 aromatic carbocycles. The average molecular weight is 274 g/mol. The van der Waals surface area contributed by atoms with Crippen LogP contribution in [0.1, 0.15) is 38.2 Å². The molecule has 0 unspecified atom stereocenters. The highest BCUT2D eigenvalue weighted by atomic mass is 16.2. The lowest BCUT2D eigenvalue weighted by molar-refractivity contribution is -0.129. The van der Waals surface area contributed by atoms with Crippen molar-refractivity contribution in [2.75, 3.05) is 31.1 Å². The zero-order valence-electron chi connectivity index (χ0n) is 12.8. The van der Waals surface area contributed by atoms with Gasteiger partial charge in [0.2, 0.25) is 5.91 Å². The Kier molecular flexibility index (Phi) is 5.45. The van der Waals surface area contributed by atoms with Crippen LogP contribution in [0.15, 0.2) is 24.3 Å². The largest absolute Gasteiger partial charge is 0.362 e. The summed E-state index contributed by atoms with van der Waals surface area (Å²) in [4.78, 5) is 16.7. The van der Waals surface area contributed by atoms with Crippen molar-refractivity contribution in [3.05, 3.63) is 29.8 Å². The minimum Gasteiger partial charge on any atom is -0.362 e. The van der Waals surface area contributed by atoms with Gasteiger partial charge in [-0.3, -0.25) is 4.79 Å². The van der Waals surface area contributed by atoms with Crippen LogP contribution in [0, 0.1) is 6.92 Å². The standard InChI is InChI=1S/C17H26N2O/c1-3-18(16-10-8-9-15(2)13-16)14-17(20)19-11-6-4-5-7-12-19/h8-10,13H,3-7,11-12,14H2,1-2H3. The number of benzene rings is 1. The number of likely N-dealkylation sites (N-methyl/N-ethyl adjacent to an activating group) is 1. The van der Waals surface area contributed by atoms with E-state index in [9.17, 15) is 4.79 Å². The lowest BCUT2D eigenvalue weighted by Gasteiger charge is -2.27. The third-order valence-electron chi connectivity index (χ3n) is 4.03. The number of carbonyl (C=O) groups excluding carboxylic acids is 1. The molecule has 3 heteroatoms. The van der Waals surface area contributed by atoms with Crippen molar-refractivity contribution in [3.63, 3.8) is 0 Å². The van der Waals surface area contributed by atoms with Gasteiger partial charge in [-0.15, -0.1) is 0 Å². The highest BCUT2D eigenvalue weighted by Crippen LogP contribution is 2.16. The molecule has 0 aliphatic carbocycles. The van der Waals surface area contributed by atoms with Gasteiger partial charge in [-0.1, -0.05) is 25.0 Å². The molecule has 110 valence electrons. The fraction of sp³-hybridized carbons (Fsp3) is 0.588. The minimum atomic E-state index is 0.273. The topological polar surface area (TPSA) is 23.6 Å². The van der Waals surface area contributed by atoms with Crippen LogP contribution < -0.4 is 4.90 Å². The number of amides is 1. The molecule has 20 heavy (non-hydrogen) atoms. The SMILES string of the molecule is CCN(CC(=O)N1CCCCCC1)c1cccc(C)c1. The summed E-state index contributed by atoms with van der Waals surface area (Å²) >= 11 is 0. The molecule has 0 atom stereocenters. The predicted octanol–water partition coefficient (Wildman–Crippen LogP) is 3.22. The van der Waals surface area contributed by atoms with E-state index >= 15 is 0 Å². The number of aryl methyl sites for hydroxylation is 1. The fourth-order valence-corrected chi connectivity index (χ4v) is 2.79. The van der Waals surface area contributed by atoms with E-state index in [-0.39, 0.29) is 5.91 Å². The Morgan fingerprint density at radius 1 is 1.20 bits per heavy atom. The Morgan fingerprint density at radius 2 is 1.90 bits per heavy atom. The molecule has 2 rings (SSSR count). The molecule has 1 aromatic rings. The Labute approximate surface area is 122 Å². The van der Waals surface area contributed by atoms with Crippen LogP contribution in [0.4, 0.5) is 5.69 Å². The molecule has 1 aliphatic rings. The first-order valence-corrected chi connectivity index (χ1v) is 7.80.